The lowest BCUT2D eigenvalue weighted by molar-refractivity contribution is -0.127. The third kappa shape index (κ3) is 4.37. The van der Waals surface area contributed by atoms with Crippen molar-refractivity contribution in [1.29, 1.82) is 0 Å². The second-order valence-electron chi connectivity index (χ2n) is 7.32. The molecule has 2 fully saturated rings. The van der Waals surface area contributed by atoms with Gasteiger partial charge in [0.1, 0.15) is 0 Å². The monoisotopic (exact) mass is 330 g/mol. The summed E-state index contributed by atoms with van der Waals surface area (Å²) < 4.78 is 5.77. The number of rotatable bonds is 7. The minimum absolute atomic E-state index is 0.271. The number of hydrogen-bond donors (Lipinski definition) is 0. The fourth-order valence-corrected chi connectivity index (χ4v) is 4.01. The molecule has 1 aromatic carbocycles. The number of carbonyl (C=O) groups is 1. The third-order valence-electron chi connectivity index (χ3n) is 5.58. The summed E-state index contributed by atoms with van der Waals surface area (Å²) >= 11 is 0. The molecule has 1 aromatic rings. The van der Waals surface area contributed by atoms with Gasteiger partial charge in [0.15, 0.2) is 0 Å². The van der Waals surface area contributed by atoms with Crippen LogP contribution >= 0.6 is 0 Å². The van der Waals surface area contributed by atoms with Crippen molar-refractivity contribution in [2.24, 2.45) is 5.41 Å². The van der Waals surface area contributed by atoms with Gasteiger partial charge in [-0.05, 0) is 50.3 Å². The van der Waals surface area contributed by atoms with Crippen LogP contribution in [0.3, 0.4) is 0 Å². The van der Waals surface area contributed by atoms with Crippen LogP contribution in [0.2, 0.25) is 0 Å². The van der Waals surface area contributed by atoms with Crippen LogP contribution in [0.25, 0.3) is 0 Å². The molecule has 4 heteroatoms. The van der Waals surface area contributed by atoms with Crippen molar-refractivity contribution in [3.8, 4) is 0 Å². The Kier molecular flexibility index (Phi) is 5.90. The van der Waals surface area contributed by atoms with Gasteiger partial charge in [0.05, 0.1) is 6.61 Å². The molecule has 1 spiro atoms. The van der Waals surface area contributed by atoms with Crippen LogP contribution < -0.4 is 0 Å². The van der Waals surface area contributed by atoms with Crippen LogP contribution in [0.15, 0.2) is 30.3 Å². The van der Waals surface area contributed by atoms with Crippen molar-refractivity contribution >= 4 is 5.91 Å². The van der Waals surface area contributed by atoms with Crippen LogP contribution in [0, 0.1) is 5.41 Å². The van der Waals surface area contributed by atoms with Gasteiger partial charge < -0.3 is 14.5 Å². The van der Waals surface area contributed by atoms with E-state index < -0.39 is 0 Å². The standard InChI is InChI=1S/C20H30N2O2/c1-2-22-17-20(15-19(22)23)9-12-21(13-10-20)11-6-14-24-16-18-7-4-3-5-8-18/h3-5,7-8H,2,6,9-17H2,1H3. The first-order valence-electron chi connectivity index (χ1n) is 9.33. The Balaban J connectivity index is 1.31. The summed E-state index contributed by atoms with van der Waals surface area (Å²) in [5, 5.41) is 0. The molecule has 24 heavy (non-hydrogen) atoms. The van der Waals surface area contributed by atoms with Gasteiger partial charge in [-0.15, -0.1) is 0 Å². The minimum Gasteiger partial charge on any atom is -0.377 e. The summed E-state index contributed by atoms with van der Waals surface area (Å²) in [7, 11) is 0. The van der Waals surface area contributed by atoms with E-state index in [0.717, 1.165) is 52.2 Å². The average molecular weight is 330 g/mol. The molecule has 0 saturated carbocycles. The van der Waals surface area contributed by atoms with Crippen molar-refractivity contribution in [2.75, 3.05) is 39.3 Å². The highest BCUT2D eigenvalue weighted by atomic mass is 16.5. The van der Waals surface area contributed by atoms with E-state index in [9.17, 15) is 4.79 Å². The Morgan fingerprint density at radius 2 is 1.92 bits per heavy atom. The maximum atomic E-state index is 12.0. The Hall–Kier alpha value is -1.39. The van der Waals surface area contributed by atoms with E-state index in [1.54, 1.807) is 0 Å². The maximum Gasteiger partial charge on any atom is 0.223 e. The number of piperidine rings is 1. The molecular formula is C20H30N2O2. The van der Waals surface area contributed by atoms with Gasteiger partial charge in [0.2, 0.25) is 5.91 Å². The smallest absolute Gasteiger partial charge is 0.223 e. The second-order valence-corrected chi connectivity index (χ2v) is 7.32. The summed E-state index contributed by atoms with van der Waals surface area (Å²) in [5.74, 6) is 0.361. The zero-order valence-electron chi connectivity index (χ0n) is 14.9. The molecule has 0 N–H and O–H groups in total. The molecule has 3 rings (SSSR count). The lowest BCUT2D eigenvalue weighted by Crippen LogP contribution is -2.42. The van der Waals surface area contributed by atoms with Gasteiger partial charge in [-0.1, -0.05) is 30.3 Å². The van der Waals surface area contributed by atoms with Crippen molar-refractivity contribution in [1.82, 2.24) is 9.80 Å². The average Bonchev–Trinajstić information content (AvgIpc) is 2.93. The summed E-state index contributed by atoms with van der Waals surface area (Å²) in [6.07, 6.45) is 4.19. The first-order valence-corrected chi connectivity index (χ1v) is 9.33. The van der Waals surface area contributed by atoms with E-state index in [2.05, 4.69) is 36.1 Å². The molecule has 2 saturated heterocycles. The number of amides is 1. The second kappa shape index (κ2) is 8.13. The van der Waals surface area contributed by atoms with E-state index in [-0.39, 0.29) is 5.41 Å². The highest BCUT2D eigenvalue weighted by molar-refractivity contribution is 5.79. The largest absolute Gasteiger partial charge is 0.377 e. The Labute approximate surface area is 145 Å². The molecule has 2 aliphatic heterocycles. The molecule has 4 nitrogen and oxygen atoms in total. The van der Waals surface area contributed by atoms with Gasteiger partial charge in [-0.2, -0.15) is 0 Å². The number of ether oxygens (including phenoxy) is 1. The van der Waals surface area contributed by atoms with E-state index in [1.807, 2.05) is 11.0 Å². The highest BCUT2D eigenvalue weighted by Gasteiger charge is 2.44. The Morgan fingerprint density at radius 1 is 1.17 bits per heavy atom. The molecule has 2 heterocycles. The normalized spacial score (nSPS) is 20.9. The SMILES string of the molecule is CCN1CC2(CCN(CCCOCc3ccccc3)CC2)CC1=O. The molecule has 0 bridgehead atoms. The van der Waals surface area contributed by atoms with E-state index in [4.69, 9.17) is 4.74 Å². The fraction of sp³-hybridized carbons (Fsp3) is 0.650. The lowest BCUT2D eigenvalue weighted by Gasteiger charge is -2.38. The quantitative estimate of drug-likeness (QED) is 0.721. The van der Waals surface area contributed by atoms with E-state index >= 15 is 0 Å². The summed E-state index contributed by atoms with van der Waals surface area (Å²) in [5.41, 5.74) is 1.51. The maximum absolute atomic E-state index is 12.0. The van der Waals surface area contributed by atoms with Crippen LogP contribution in [-0.2, 0) is 16.1 Å². The Bertz CT molecular complexity index is 524. The molecule has 1 amide bonds. The van der Waals surface area contributed by atoms with Crippen molar-refractivity contribution in [3.05, 3.63) is 35.9 Å². The molecule has 2 aliphatic rings. The predicted octanol–water partition coefficient (Wildman–Crippen LogP) is 2.93. The summed E-state index contributed by atoms with van der Waals surface area (Å²) in [4.78, 5) is 16.6. The van der Waals surface area contributed by atoms with Crippen molar-refractivity contribution in [3.63, 3.8) is 0 Å². The van der Waals surface area contributed by atoms with E-state index in [0.29, 0.717) is 12.5 Å². The van der Waals surface area contributed by atoms with Gasteiger partial charge in [0.25, 0.3) is 0 Å². The zero-order chi connectivity index (χ0) is 16.8. The van der Waals surface area contributed by atoms with Crippen LogP contribution in [-0.4, -0.2) is 55.0 Å². The predicted molar refractivity (Wildman–Crippen MR) is 95.7 cm³/mol. The molecule has 0 radical (unpaired) electrons. The van der Waals surface area contributed by atoms with Crippen LogP contribution in [0.1, 0.15) is 38.2 Å². The Morgan fingerprint density at radius 3 is 2.58 bits per heavy atom. The third-order valence-corrected chi connectivity index (χ3v) is 5.58. The van der Waals surface area contributed by atoms with Gasteiger partial charge in [-0.25, -0.2) is 0 Å². The van der Waals surface area contributed by atoms with Crippen molar-refractivity contribution < 1.29 is 9.53 Å². The number of likely N-dealkylation sites (tertiary alicyclic amines) is 2. The topological polar surface area (TPSA) is 32.8 Å². The number of benzene rings is 1. The zero-order valence-corrected chi connectivity index (χ0v) is 14.9. The van der Waals surface area contributed by atoms with Gasteiger partial charge in [-0.3, -0.25) is 4.79 Å². The highest BCUT2D eigenvalue weighted by Crippen LogP contribution is 2.40. The van der Waals surface area contributed by atoms with Crippen LogP contribution in [0.4, 0.5) is 0 Å². The fourth-order valence-electron chi connectivity index (χ4n) is 4.01. The molecular weight excluding hydrogens is 300 g/mol. The molecule has 0 atom stereocenters. The van der Waals surface area contributed by atoms with Gasteiger partial charge >= 0.3 is 0 Å². The van der Waals surface area contributed by atoms with Crippen LogP contribution in [0.5, 0.6) is 0 Å². The first kappa shape index (κ1) is 17.4. The first-order chi connectivity index (χ1) is 11.7. The van der Waals surface area contributed by atoms with E-state index in [1.165, 1.54) is 18.4 Å². The van der Waals surface area contributed by atoms with Crippen molar-refractivity contribution in [2.45, 2.75) is 39.2 Å². The lowest BCUT2D eigenvalue weighted by atomic mass is 9.77. The molecule has 0 aromatic heterocycles. The molecule has 0 unspecified atom stereocenters. The summed E-state index contributed by atoms with van der Waals surface area (Å²) in [6, 6.07) is 10.3. The number of carbonyl (C=O) groups excluding carboxylic acids is 1. The van der Waals surface area contributed by atoms with Gasteiger partial charge in [0, 0.05) is 32.7 Å². The number of nitrogens with zero attached hydrogens (tertiary/aromatic N) is 2. The minimum atomic E-state index is 0.271. The molecule has 132 valence electrons. The molecule has 0 aliphatic carbocycles. The summed E-state index contributed by atoms with van der Waals surface area (Å²) in [6.45, 7) is 8.82. The number of hydrogen-bond acceptors (Lipinski definition) is 3.